The highest BCUT2D eigenvalue weighted by molar-refractivity contribution is 5.81. The molecule has 112 valence electrons. The van der Waals surface area contributed by atoms with Crippen molar-refractivity contribution in [3.05, 3.63) is 30.1 Å². The molecule has 21 heavy (non-hydrogen) atoms. The third kappa shape index (κ3) is 2.80. The number of hydrogen-bond acceptors (Lipinski definition) is 2. The summed E-state index contributed by atoms with van der Waals surface area (Å²) in [6.07, 6.45) is 1.22. The first-order valence-electron chi connectivity index (χ1n) is 7.74. The number of para-hydroxylation sites is 2. The number of aromatic nitrogens is 2. The zero-order valence-corrected chi connectivity index (χ0v) is 13.0. The van der Waals surface area contributed by atoms with E-state index in [0.717, 1.165) is 29.9 Å². The van der Waals surface area contributed by atoms with E-state index in [1.54, 1.807) is 0 Å². The second-order valence-corrected chi connectivity index (χ2v) is 6.48. The highest BCUT2D eigenvalue weighted by Crippen LogP contribution is 2.22. The molecule has 2 heterocycles. The lowest BCUT2D eigenvalue weighted by atomic mass is 9.92. The molecule has 0 spiro atoms. The Morgan fingerprint density at radius 1 is 1.24 bits per heavy atom. The molecule has 1 aliphatic heterocycles. The highest BCUT2D eigenvalue weighted by Gasteiger charge is 2.25. The third-order valence-electron chi connectivity index (χ3n) is 4.36. The van der Waals surface area contributed by atoms with Gasteiger partial charge in [0.1, 0.15) is 12.4 Å². The summed E-state index contributed by atoms with van der Waals surface area (Å²) in [5.41, 5.74) is 2.00. The summed E-state index contributed by atoms with van der Waals surface area (Å²) in [5.74, 6) is 2.30. The number of fused-ring (bicyclic) bond motifs is 1. The number of carbonyl (C=O) groups is 1. The molecule has 1 saturated heterocycles. The average molecular weight is 285 g/mol. The van der Waals surface area contributed by atoms with Gasteiger partial charge in [-0.2, -0.15) is 0 Å². The molecule has 0 unspecified atom stereocenters. The predicted molar refractivity (Wildman–Crippen MR) is 84.0 cm³/mol. The number of hydrogen-bond donors (Lipinski definition) is 0. The molecule has 2 aromatic rings. The fourth-order valence-corrected chi connectivity index (χ4v) is 3.50. The van der Waals surface area contributed by atoms with Gasteiger partial charge in [0, 0.05) is 13.1 Å². The van der Waals surface area contributed by atoms with Gasteiger partial charge in [-0.25, -0.2) is 4.98 Å². The molecule has 0 radical (unpaired) electrons. The number of piperidine rings is 1. The lowest BCUT2D eigenvalue weighted by Crippen LogP contribution is -2.44. The molecular weight excluding hydrogens is 262 g/mol. The maximum Gasteiger partial charge on any atom is 0.242 e. The van der Waals surface area contributed by atoms with E-state index in [4.69, 9.17) is 0 Å². The van der Waals surface area contributed by atoms with Crippen molar-refractivity contribution in [3.63, 3.8) is 0 Å². The smallest absolute Gasteiger partial charge is 0.242 e. The SMILES string of the molecule is Cc1nc2ccccc2n1CC(=O)N1C[C@H](C)C[C@@H](C)C1. The van der Waals surface area contributed by atoms with Crippen LogP contribution in [-0.2, 0) is 11.3 Å². The van der Waals surface area contributed by atoms with Crippen molar-refractivity contribution in [2.24, 2.45) is 11.8 Å². The van der Waals surface area contributed by atoms with E-state index in [1.165, 1.54) is 6.42 Å². The zero-order valence-electron chi connectivity index (χ0n) is 13.0. The van der Waals surface area contributed by atoms with Crippen molar-refractivity contribution in [2.75, 3.05) is 13.1 Å². The number of nitrogens with zero attached hydrogens (tertiary/aromatic N) is 3. The first kappa shape index (κ1) is 14.1. The molecule has 0 aliphatic carbocycles. The van der Waals surface area contributed by atoms with Gasteiger partial charge in [-0.3, -0.25) is 4.79 Å². The number of imidazole rings is 1. The van der Waals surface area contributed by atoms with E-state index in [9.17, 15) is 4.79 Å². The molecule has 1 fully saturated rings. The maximum atomic E-state index is 12.6. The van der Waals surface area contributed by atoms with Crippen molar-refractivity contribution < 1.29 is 4.79 Å². The van der Waals surface area contributed by atoms with Crippen molar-refractivity contribution in [2.45, 2.75) is 33.7 Å². The summed E-state index contributed by atoms with van der Waals surface area (Å²) in [7, 11) is 0. The minimum Gasteiger partial charge on any atom is -0.341 e. The lowest BCUT2D eigenvalue weighted by molar-refractivity contribution is -0.134. The summed E-state index contributed by atoms with van der Waals surface area (Å²) in [5, 5.41) is 0. The number of rotatable bonds is 2. The van der Waals surface area contributed by atoms with Crippen LogP contribution >= 0.6 is 0 Å². The van der Waals surface area contributed by atoms with Gasteiger partial charge in [-0.15, -0.1) is 0 Å². The van der Waals surface area contributed by atoms with Crippen LogP contribution in [0.1, 0.15) is 26.1 Å². The molecule has 0 saturated carbocycles. The van der Waals surface area contributed by atoms with Crippen LogP contribution < -0.4 is 0 Å². The van der Waals surface area contributed by atoms with E-state index in [-0.39, 0.29) is 5.91 Å². The maximum absolute atomic E-state index is 12.6. The Hall–Kier alpha value is -1.84. The lowest BCUT2D eigenvalue weighted by Gasteiger charge is -2.35. The summed E-state index contributed by atoms with van der Waals surface area (Å²) in [6, 6.07) is 8.00. The van der Waals surface area contributed by atoms with Crippen LogP contribution in [0.15, 0.2) is 24.3 Å². The van der Waals surface area contributed by atoms with Gasteiger partial charge < -0.3 is 9.47 Å². The normalized spacial score (nSPS) is 22.7. The fourth-order valence-electron chi connectivity index (χ4n) is 3.50. The Balaban J connectivity index is 1.81. The predicted octanol–water partition coefficient (Wildman–Crippen LogP) is 2.85. The quantitative estimate of drug-likeness (QED) is 0.851. The van der Waals surface area contributed by atoms with Crippen LogP contribution in [0.2, 0.25) is 0 Å². The minimum absolute atomic E-state index is 0.208. The second-order valence-electron chi connectivity index (χ2n) is 6.48. The Kier molecular flexibility index (Phi) is 3.70. The Morgan fingerprint density at radius 3 is 2.62 bits per heavy atom. The fraction of sp³-hybridized carbons (Fsp3) is 0.529. The number of carbonyl (C=O) groups excluding carboxylic acids is 1. The zero-order chi connectivity index (χ0) is 15.0. The Labute approximate surface area is 125 Å². The van der Waals surface area contributed by atoms with Crippen LogP contribution in [0, 0.1) is 18.8 Å². The van der Waals surface area contributed by atoms with E-state index in [1.807, 2.05) is 40.7 Å². The van der Waals surface area contributed by atoms with Crippen molar-refractivity contribution >= 4 is 16.9 Å². The van der Waals surface area contributed by atoms with Gasteiger partial charge in [0.25, 0.3) is 0 Å². The Morgan fingerprint density at radius 2 is 1.90 bits per heavy atom. The third-order valence-corrected chi connectivity index (χ3v) is 4.36. The van der Waals surface area contributed by atoms with E-state index >= 15 is 0 Å². The van der Waals surface area contributed by atoms with Crippen LogP contribution in [0.5, 0.6) is 0 Å². The summed E-state index contributed by atoms with van der Waals surface area (Å²) < 4.78 is 2.03. The molecule has 3 rings (SSSR count). The summed E-state index contributed by atoms with van der Waals surface area (Å²) in [6.45, 7) is 8.59. The van der Waals surface area contributed by atoms with Gasteiger partial charge in [-0.05, 0) is 37.3 Å². The molecule has 4 heteroatoms. The molecule has 1 aromatic heterocycles. The molecule has 2 atom stereocenters. The van der Waals surface area contributed by atoms with Gasteiger partial charge >= 0.3 is 0 Å². The first-order chi connectivity index (χ1) is 10.0. The van der Waals surface area contributed by atoms with Gasteiger partial charge in [0.05, 0.1) is 11.0 Å². The minimum atomic E-state index is 0.208. The van der Waals surface area contributed by atoms with Crippen molar-refractivity contribution in [1.29, 1.82) is 0 Å². The van der Waals surface area contributed by atoms with Crippen molar-refractivity contribution in [3.8, 4) is 0 Å². The number of amides is 1. The average Bonchev–Trinajstić information content (AvgIpc) is 2.74. The number of aryl methyl sites for hydroxylation is 1. The molecule has 1 aromatic carbocycles. The monoisotopic (exact) mass is 285 g/mol. The van der Waals surface area contributed by atoms with Crippen LogP contribution in [0.4, 0.5) is 0 Å². The Bertz CT molecular complexity index is 651. The highest BCUT2D eigenvalue weighted by atomic mass is 16.2. The van der Waals surface area contributed by atoms with Gasteiger partial charge in [0.15, 0.2) is 0 Å². The standard InChI is InChI=1S/C17H23N3O/c1-12-8-13(2)10-19(9-12)17(21)11-20-14(3)18-15-6-4-5-7-16(15)20/h4-7,12-13H,8-11H2,1-3H3/t12-,13-/m1/s1. The molecule has 0 N–H and O–H groups in total. The molecule has 4 nitrogen and oxygen atoms in total. The van der Waals surface area contributed by atoms with Crippen LogP contribution in [0.3, 0.4) is 0 Å². The topological polar surface area (TPSA) is 38.1 Å². The number of likely N-dealkylation sites (tertiary alicyclic amines) is 1. The molecule has 1 aliphatic rings. The molecule has 0 bridgehead atoms. The van der Waals surface area contributed by atoms with E-state index < -0.39 is 0 Å². The van der Waals surface area contributed by atoms with Crippen LogP contribution in [0.25, 0.3) is 11.0 Å². The summed E-state index contributed by atoms with van der Waals surface area (Å²) in [4.78, 5) is 19.2. The van der Waals surface area contributed by atoms with Gasteiger partial charge in [-0.1, -0.05) is 26.0 Å². The van der Waals surface area contributed by atoms with Gasteiger partial charge in [0.2, 0.25) is 5.91 Å². The number of benzene rings is 1. The second kappa shape index (κ2) is 5.51. The largest absolute Gasteiger partial charge is 0.341 e. The molecule has 1 amide bonds. The first-order valence-corrected chi connectivity index (χ1v) is 7.74. The summed E-state index contributed by atoms with van der Waals surface area (Å²) >= 11 is 0. The van der Waals surface area contributed by atoms with E-state index in [2.05, 4.69) is 18.8 Å². The van der Waals surface area contributed by atoms with E-state index in [0.29, 0.717) is 18.4 Å². The molecular formula is C17H23N3O. The van der Waals surface area contributed by atoms with Crippen molar-refractivity contribution in [1.82, 2.24) is 14.5 Å². The van der Waals surface area contributed by atoms with Crippen LogP contribution in [-0.4, -0.2) is 33.4 Å².